The molecule has 1 saturated heterocycles. The molecule has 1 aromatic carbocycles. The van der Waals surface area contributed by atoms with Crippen LogP contribution in [0.1, 0.15) is 27.7 Å². The van der Waals surface area contributed by atoms with E-state index >= 15 is 0 Å². The molecule has 2 rings (SSSR count). The Bertz CT molecular complexity index is 597. The molecule has 0 spiro atoms. The highest BCUT2D eigenvalue weighted by Gasteiger charge is 2.38. The first kappa shape index (κ1) is 15.9. The fourth-order valence-electron chi connectivity index (χ4n) is 1.87. The Morgan fingerprint density at radius 1 is 1.18 bits per heavy atom. The number of carbonyl (C=O) groups excluding carboxylic acids is 2. The minimum atomic E-state index is -1.24. The van der Waals surface area contributed by atoms with Crippen LogP contribution in [0.2, 0.25) is 0 Å². The summed E-state index contributed by atoms with van der Waals surface area (Å²) in [5.74, 6) is -1.99. The Morgan fingerprint density at radius 2 is 1.82 bits per heavy atom. The van der Waals surface area contributed by atoms with Crippen molar-refractivity contribution in [3.05, 3.63) is 36.0 Å². The molecule has 0 aromatic heterocycles. The molecule has 118 valence electrons. The summed E-state index contributed by atoms with van der Waals surface area (Å²) >= 11 is 0. The van der Waals surface area contributed by atoms with Crippen molar-refractivity contribution >= 4 is 17.6 Å². The lowest BCUT2D eigenvalue weighted by Crippen LogP contribution is -2.42. The number of cyclic esters (lactones) is 2. The minimum absolute atomic E-state index is 0.0548. The highest BCUT2D eigenvalue weighted by Crippen LogP contribution is 2.23. The van der Waals surface area contributed by atoms with Crippen LogP contribution in [-0.2, 0) is 19.1 Å². The fraction of sp³-hybridized carbons (Fsp3) is 0.375. The van der Waals surface area contributed by atoms with Gasteiger partial charge in [-0.15, -0.1) is 0 Å². The molecule has 0 unspecified atom stereocenters. The molecule has 1 aromatic rings. The first-order valence-corrected chi connectivity index (χ1v) is 6.97. The molecule has 6 nitrogen and oxygen atoms in total. The summed E-state index contributed by atoms with van der Waals surface area (Å²) < 4.78 is 15.6. The average molecular weight is 305 g/mol. The lowest BCUT2D eigenvalue weighted by atomic mass is 10.2. The molecule has 1 N–H and O–H groups in total. The number of hydrogen-bond acceptors (Lipinski definition) is 6. The summed E-state index contributed by atoms with van der Waals surface area (Å²) in [5, 5.41) is 2.87. The molecule has 0 atom stereocenters. The maximum Gasteiger partial charge on any atom is 0.350 e. The van der Waals surface area contributed by atoms with Crippen molar-refractivity contribution in [2.75, 3.05) is 5.32 Å². The van der Waals surface area contributed by atoms with Crippen LogP contribution in [0.4, 0.5) is 5.69 Å². The number of carbonyl (C=O) groups is 2. The Morgan fingerprint density at radius 3 is 2.41 bits per heavy atom. The second kappa shape index (κ2) is 6.09. The van der Waals surface area contributed by atoms with Gasteiger partial charge in [0, 0.05) is 31.8 Å². The third-order valence-electron chi connectivity index (χ3n) is 2.71. The van der Waals surface area contributed by atoms with Crippen LogP contribution in [0, 0.1) is 0 Å². The van der Waals surface area contributed by atoms with E-state index in [4.69, 9.17) is 14.2 Å². The third-order valence-corrected chi connectivity index (χ3v) is 2.71. The minimum Gasteiger partial charge on any atom is -0.491 e. The van der Waals surface area contributed by atoms with Crippen LogP contribution in [0.15, 0.2) is 36.0 Å². The van der Waals surface area contributed by atoms with Gasteiger partial charge in [0.25, 0.3) is 5.79 Å². The summed E-state index contributed by atoms with van der Waals surface area (Å²) in [6.07, 6.45) is 1.33. The highest BCUT2D eigenvalue weighted by molar-refractivity contribution is 6.15. The molecular formula is C16H19NO5. The van der Waals surface area contributed by atoms with Gasteiger partial charge in [0.2, 0.25) is 0 Å². The Kier molecular flexibility index (Phi) is 4.40. The van der Waals surface area contributed by atoms with Gasteiger partial charge in [-0.05, 0) is 26.0 Å². The largest absolute Gasteiger partial charge is 0.491 e. The topological polar surface area (TPSA) is 73.9 Å². The zero-order valence-electron chi connectivity index (χ0n) is 13.0. The van der Waals surface area contributed by atoms with Crippen LogP contribution < -0.4 is 10.1 Å². The zero-order valence-corrected chi connectivity index (χ0v) is 13.0. The highest BCUT2D eigenvalue weighted by atomic mass is 16.7. The molecule has 1 aliphatic heterocycles. The van der Waals surface area contributed by atoms with Crippen molar-refractivity contribution in [1.82, 2.24) is 0 Å². The second-order valence-electron chi connectivity index (χ2n) is 5.58. The predicted molar refractivity (Wildman–Crippen MR) is 80.2 cm³/mol. The molecule has 1 heterocycles. The predicted octanol–water partition coefficient (Wildman–Crippen LogP) is 2.61. The van der Waals surface area contributed by atoms with Crippen molar-refractivity contribution < 1.29 is 23.8 Å². The fourth-order valence-corrected chi connectivity index (χ4v) is 1.87. The van der Waals surface area contributed by atoms with Gasteiger partial charge < -0.3 is 19.5 Å². The quantitative estimate of drug-likeness (QED) is 0.523. The van der Waals surface area contributed by atoms with E-state index in [1.807, 2.05) is 19.9 Å². The maximum absolute atomic E-state index is 11.8. The standard InChI is InChI=1S/C16H19NO5/c1-10(2)20-12-7-5-6-11(8-12)17-9-13-14(18)21-16(3,4)22-15(13)19/h5-10,17H,1-4H3. The molecule has 0 amide bonds. The maximum atomic E-state index is 11.8. The summed E-state index contributed by atoms with van der Waals surface area (Å²) in [6, 6.07) is 7.18. The van der Waals surface area contributed by atoms with Gasteiger partial charge in [-0.3, -0.25) is 0 Å². The second-order valence-corrected chi connectivity index (χ2v) is 5.58. The van der Waals surface area contributed by atoms with Gasteiger partial charge in [-0.2, -0.15) is 0 Å². The van der Waals surface area contributed by atoms with Crippen molar-refractivity contribution in [2.45, 2.75) is 39.6 Å². The number of hydrogen-bond donors (Lipinski definition) is 1. The molecule has 6 heteroatoms. The Labute approximate surface area is 129 Å². The number of ether oxygens (including phenoxy) is 3. The van der Waals surface area contributed by atoms with Gasteiger partial charge >= 0.3 is 11.9 Å². The SMILES string of the molecule is CC(C)Oc1cccc(NC=C2C(=O)OC(C)(C)OC2=O)c1. The summed E-state index contributed by atoms with van der Waals surface area (Å²) in [5.41, 5.74) is 0.491. The lowest BCUT2D eigenvalue weighted by molar-refractivity contribution is -0.222. The van der Waals surface area contributed by atoms with Gasteiger partial charge in [-0.25, -0.2) is 9.59 Å². The molecule has 0 radical (unpaired) electrons. The third kappa shape index (κ3) is 4.00. The average Bonchev–Trinajstić information content (AvgIpc) is 2.35. The van der Waals surface area contributed by atoms with E-state index in [0.29, 0.717) is 11.4 Å². The van der Waals surface area contributed by atoms with Gasteiger partial charge in [0.05, 0.1) is 6.10 Å². The van der Waals surface area contributed by atoms with E-state index in [1.54, 1.807) is 18.2 Å². The van der Waals surface area contributed by atoms with Gasteiger partial charge in [0.15, 0.2) is 5.57 Å². The lowest BCUT2D eigenvalue weighted by Gasteiger charge is -2.29. The van der Waals surface area contributed by atoms with E-state index in [1.165, 1.54) is 20.0 Å². The number of benzene rings is 1. The molecule has 22 heavy (non-hydrogen) atoms. The molecule has 0 aliphatic carbocycles. The smallest absolute Gasteiger partial charge is 0.350 e. The van der Waals surface area contributed by atoms with Crippen LogP contribution >= 0.6 is 0 Å². The number of esters is 2. The molecule has 0 bridgehead atoms. The van der Waals surface area contributed by atoms with Crippen LogP contribution in [0.5, 0.6) is 5.75 Å². The van der Waals surface area contributed by atoms with E-state index in [0.717, 1.165) is 0 Å². The van der Waals surface area contributed by atoms with Crippen LogP contribution in [0.25, 0.3) is 0 Å². The van der Waals surface area contributed by atoms with E-state index in [2.05, 4.69) is 5.32 Å². The molecular weight excluding hydrogens is 286 g/mol. The first-order chi connectivity index (χ1) is 10.3. The molecule has 1 aliphatic rings. The van der Waals surface area contributed by atoms with Gasteiger partial charge in [0.1, 0.15) is 5.75 Å². The normalized spacial score (nSPS) is 16.9. The summed E-state index contributed by atoms with van der Waals surface area (Å²) in [7, 11) is 0. The first-order valence-electron chi connectivity index (χ1n) is 6.97. The summed E-state index contributed by atoms with van der Waals surface area (Å²) in [4.78, 5) is 23.6. The van der Waals surface area contributed by atoms with Crippen molar-refractivity contribution in [1.29, 1.82) is 0 Å². The Hall–Kier alpha value is -2.50. The molecule has 1 fully saturated rings. The Balaban J connectivity index is 2.11. The zero-order chi connectivity index (χ0) is 16.3. The monoisotopic (exact) mass is 305 g/mol. The summed E-state index contributed by atoms with van der Waals surface area (Å²) in [6.45, 7) is 6.86. The molecule has 0 saturated carbocycles. The number of anilines is 1. The van der Waals surface area contributed by atoms with Crippen molar-refractivity contribution in [3.63, 3.8) is 0 Å². The number of rotatable bonds is 4. The van der Waals surface area contributed by atoms with E-state index < -0.39 is 17.7 Å². The van der Waals surface area contributed by atoms with Crippen molar-refractivity contribution in [2.24, 2.45) is 0 Å². The van der Waals surface area contributed by atoms with Crippen LogP contribution in [-0.4, -0.2) is 23.8 Å². The van der Waals surface area contributed by atoms with Crippen LogP contribution in [0.3, 0.4) is 0 Å². The van der Waals surface area contributed by atoms with E-state index in [9.17, 15) is 9.59 Å². The van der Waals surface area contributed by atoms with E-state index in [-0.39, 0.29) is 11.7 Å². The van der Waals surface area contributed by atoms with Crippen molar-refractivity contribution in [3.8, 4) is 5.75 Å². The number of nitrogens with one attached hydrogen (secondary N) is 1. The van der Waals surface area contributed by atoms with Gasteiger partial charge in [-0.1, -0.05) is 6.07 Å².